The molecule has 8 nitrogen and oxygen atoms in total. The predicted octanol–water partition coefficient (Wildman–Crippen LogP) is 6.03. The Morgan fingerprint density at radius 2 is 1.14 bits per heavy atom. The lowest BCUT2D eigenvalue weighted by Crippen LogP contribution is -2.31. The standard InChI is InChI=1S/C35H64O8/c1-3-4-5-6-7-8-9-10-11-14-19-31(39)33-22-23-34(43-33)32(40)21-16-20-30(38)29(37)18-15-12-13-17-28(36)25-27-24-26(2)42-35(27)41/h24,26,28-34,36-40H,3-23,25H2,1-2H3/t26?,28?,29?,30?,31-,32-,33-,34-/m0/s1. The molecule has 2 aliphatic heterocycles. The van der Waals surface area contributed by atoms with E-state index < -0.39 is 30.5 Å². The smallest absolute Gasteiger partial charge is 0.334 e. The van der Waals surface area contributed by atoms with Crippen LogP contribution in [0.25, 0.3) is 0 Å². The van der Waals surface area contributed by atoms with Crippen LogP contribution in [0.15, 0.2) is 11.6 Å². The van der Waals surface area contributed by atoms with E-state index in [1.165, 1.54) is 51.4 Å². The summed E-state index contributed by atoms with van der Waals surface area (Å²) in [6, 6.07) is 0. The predicted molar refractivity (Wildman–Crippen MR) is 170 cm³/mol. The maximum atomic E-state index is 11.7. The van der Waals surface area contributed by atoms with E-state index in [1.807, 2.05) is 0 Å². The summed E-state index contributed by atoms with van der Waals surface area (Å²) in [5, 5.41) is 52.1. The molecule has 8 heteroatoms. The summed E-state index contributed by atoms with van der Waals surface area (Å²) >= 11 is 0. The minimum atomic E-state index is -0.833. The molecule has 0 aromatic heterocycles. The van der Waals surface area contributed by atoms with Gasteiger partial charge in [0.05, 0.1) is 42.7 Å². The molecular formula is C35H64O8. The molecule has 252 valence electrons. The molecule has 1 fully saturated rings. The molecule has 0 bridgehead atoms. The van der Waals surface area contributed by atoms with Crippen LogP contribution in [0.3, 0.4) is 0 Å². The molecular weight excluding hydrogens is 548 g/mol. The van der Waals surface area contributed by atoms with Crippen LogP contribution in [0.5, 0.6) is 0 Å². The van der Waals surface area contributed by atoms with Gasteiger partial charge in [-0.1, -0.05) is 90.4 Å². The van der Waals surface area contributed by atoms with Crippen LogP contribution in [0.2, 0.25) is 0 Å². The van der Waals surface area contributed by atoms with Crippen molar-refractivity contribution < 1.29 is 39.8 Å². The van der Waals surface area contributed by atoms with E-state index in [9.17, 15) is 30.3 Å². The molecule has 0 radical (unpaired) electrons. The van der Waals surface area contributed by atoms with E-state index in [4.69, 9.17) is 9.47 Å². The van der Waals surface area contributed by atoms with Crippen molar-refractivity contribution in [2.24, 2.45) is 0 Å². The Morgan fingerprint density at radius 1 is 0.674 bits per heavy atom. The number of carbonyl (C=O) groups excluding carboxylic acids is 1. The van der Waals surface area contributed by atoms with Gasteiger partial charge in [-0.3, -0.25) is 0 Å². The second kappa shape index (κ2) is 22.5. The number of hydrogen-bond donors (Lipinski definition) is 5. The lowest BCUT2D eigenvalue weighted by Gasteiger charge is -2.23. The van der Waals surface area contributed by atoms with E-state index in [-0.39, 0.29) is 24.3 Å². The van der Waals surface area contributed by atoms with Crippen molar-refractivity contribution in [3.8, 4) is 0 Å². The number of unbranched alkanes of at least 4 members (excludes halogenated alkanes) is 11. The average Bonchev–Trinajstić information content (AvgIpc) is 3.59. The van der Waals surface area contributed by atoms with Gasteiger partial charge in [0, 0.05) is 12.0 Å². The first kappa shape index (κ1) is 38.2. The highest BCUT2D eigenvalue weighted by atomic mass is 16.5. The molecule has 8 atom stereocenters. The average molecular weight is 613 g/mol. The minimum Gasteiger partial charge on any atom is -0.455 e. The number of cyclic esters (lactones) is 1. The first-order chi connectivity index (χ1) is 20.7. The van der Waals surface area contributed by atoms with E-state index in [1.54, 1.807) is 13.0 Å². The van der Waals surface area contributed by atoms with Crippen LogP contribution in [0.1, 0.15) is 155 Å². The number of esters is 1. The Balaban J connectivity index is 1.46. The third-order valence-corrected chi connectivity index (χ3v) is 9.22. The summed E-state index contributed by atoms with van der Waals surface area (Å²) < 4.78 is 11.1. The minimum absolute atomic E-state index is 0.202. The normalized spacial score (nSPS) is 24.0. The monoisotopic (exact) mass is 612 g/mol. The van der Waals surface area contributed by atoms with Gasteiger partial charge >= 0.3 is 5.97 Å². The fourth-order valence-corrected chi connectivity index (χ4v) is 6.44. The Kier molecular flexibility index (Phi) is 19.9. The number of aliphatic hydroxyl groups is 5. The molecule has 0 aliphatic carbocycles. The second-order valence-corrected chi connectivity index (χ2v) is 13.3. The Hall–Kier alpha value is -1.03. The summed E-state index contributed by atoms with van der Waals surface area (Å²) in [5.41, 5.74) is 0.542. The van der Waals surface area contributed by atoms with Crippen molar-refractivity contribution in [2.45, 2.75) is 204 Å². The molecule has 1 saturated heterocycles. The van der Waals surface area contributed by atoms with Gasteiger partial charge in [-0.2, -0.15) is 0 Å². The molecule has 0 aromatic carbocycles. The third-order valence-electron chi connectivity index (χ3n) is 9.22. The number of carbonyl (C=O) groups is 1. The molecule has 2 aliphatic rings. The summed E-state index contributed by atoms with van der Waals surface area (Å²) in [7, 11) is 0. The van der Waals surface area contributed by atoms with E-state index in [0.29, 0.717) is 44.1 Å². The maximum absolute atomic E-state index is 11.7. The van der Waals surface area contributed by atoms with Gasteiger partial charge in [0.1, 0.15) is 6.10 Å². The Morgan fingerprint density at radius 3 is 1.70 bits per heavy atom. The van der Waals surface area contributed by atoms with E-state index >= 15 is 0 Å². The Bertz CT molecular complexity index is 758. The zero-order valence-corrected chi connectivity index (χ0v) is 27.2. The SMILES string of the molecule is CCCCCCCCCCCC[C@H](O)[C@@H]1CC[C@@H]([C@@H](O)CCCC(O)C(O)CCCCCC(O)CC2=CC(C)OC2=O)O1. The highest BCUT2D eigenvalue weighted by molar-refractivity contribution is 5.90. The quantitative estimate of drug-likeness (QED) is 0.0590. The van der Waals surface area contributed by atoms with Crippen LogP contribution < -0.4 is 0 Å². The van der Waals surface area contributed by atoms with Crippen molar-refractivity contribution >= 4 is 5.97 Å². The van der Waals surface area contributed by atoms with Crippen molar-refractivity contribution in [1.29, 1.82) is 0 Å². The fraction of sp³-hybridized carbons (Fsp3) is 0.914. The maximum Gasteiger partial charge on any atom is 0.334 e. The van der Waals surface area contributed by atoms with Crippen molar-refractivity contribution in [3.63, 3.8) is 0 Å². The van der Waals surface area contributed by atoms with Gasteiger partial charge in [0.25, 0.3) is 0 Å². The zero-order chi connectivity index (χ0) is 31.5. The zero-order valence-electron chi connectivity index (χ0n) is 27.2. The lowest BCUT2D eigenvalue weighted by molar-refractivity contribution is -0.139. The number of ether oxygens (including phenoxy) is 2. The van der Waals surface area contributed by atoms with Gasteiger partial charge in [0.2, 0.25) is 0 Å². The van der Waals surface area contributed by atoms with Gasteiger partial charge < -0.3 is 35.0 Å². The van der Waals surface area contributed by atoms with Crippen molar-refractivity contribution in [3.05, 3.63) is 11.6 Å². The van der Waals surface area contributed by atoms with Crippen LogP contribution in [-0.2, 0) is 14.3 Å². The molecule has 43 heavy (non-hydrogen) atoms. The van der Waals surface area contributed by atoms with Crippen molar-refractivity contribution in [1.82, 2.24) is 0 Å². The number of rotatable bonds is 26. The van der Waals surface area contributed by atoms with E-state index in [2.05, 4.69) is 6.92 Å². The van der Waals surface area contributed by atoms with Crippen LogP contribution >= 0.6 is 0 Å². The molecule has 2 rings (SSSR count). The highest BCUT2D eigenvalue weighted by Gasteiger charge is 2.34. The van der Waals surface area contributed by atoms with Gasteiger partial charge in [-0.05, 0) is 64.4 Å². The molecule has 4 unspecified atom stereocenters. The lowest BCUT2D eigenvalue weighted by atomic mass is 9.97. The van der Waals surface area contributed by atoms with Gasteiger partial charge in [-0.15, -0.1) is 0 Å². The third kappa shape index (κ3) is 16.2. The fourth-order valence-electron chi connectivity index (χ4n) is 6.44. The molecule has 0 saturated carbocycles. The molecule has 0 spiro atoms. The van der Waals surface area contributed by atoms with Crippen LogP contribution in [0.4, 0.5) is 0 Å². The first-order valence-electron chi connectivity index (χ1n) is 17.7. The first-order valence-corrected chi connectivity index (χ1v) is 17.7. The van der Waals surface area contributed by atoms with Gasteiger partial charge in [-0.25, -0.2) is 4.79 Å². The molecule has 5 N–H and O–H groups in total. The summed E-state index contributed by atoms with van der Waals surface area (Å²) in [6.07, 6.45) is 17.9. The second-order valence-electron chi connectivity index (χ2n) is 13.3. The highest BCUT2D eigenvalue weighted by Crippen LogP contribution is 2.28. The summed E-state index contributed by atoms with van der Waals surface area (Å²) in [5.74, 6) is -0.343. The molecule has 0 amide bonds. The van der Waals surface area contributed by atoms with Crippen LogP contribution in [0, 0.1) is 0 Å². The topological polar surface area (TPSA) is 137 Å². The van der Waals surface area contributed by atoms with E-state index in [0.717, 1.165) is 51.4 Å². The Labute approximate surface area is 261 Å². The number of aliphatic hydroxyl groups excluding tert-OH is 5. The summed E-state index contributed by atoms with van der Waals surface area (Å²) in [6.45, 7) is 4.04. The number of hydrogen-bond acceptors (Lipinski definition) is 8. The van der Waals surface area contributed by atoms with Crippen LogP contribution in [-0.4, -0.2) is 80.3 Å². The van der Waals surface area contributed by atoms with Gasteiger partial charge in [0.15, 0.2) is 0 Å². The molecule has 2 heterocycles. The largest absolute Gasteiger partial charge is 0.455 e. The van der Waals surface area contributed by atoms with Crippen molar-refractivity contribution in [2.75, 3.05) is 0 Å². The molecule has 0 aromatic rings. The summed E-state index contributed by atoms with van der Waals surface area (Å²) in [4.78, 5) is 11.7.